The topological polar surface area (TPSA) is 92.0 Å². The highest BCUT2D eigenvalue weighted by atomic mass is 16.4. The molecule has 0 aliphatic heterocycles. The first-order chi connectivity index (χ1) is 4.75. The largest absolute Gasteiger partial charge is 0.476 e. The summed E-state index contributed by atoms with van der Waals surface area (Å²) < 4.78 is 0. The number of nitrogens with zero attached hydrogens (tertiary/aromatic N) is 1. The van der Waals surface area contributed by atoms with E-state index < -0.39 is 5.97 Å². The number of carboxylic acids is 1. The summed E-state index contributed by atoms with van der Waals surface area (Å²) in [5.74, 6) is -1.05. The van der Waals surface area contributed by atoms with Crippen LogP contribution in [0.2, 0.25) is 0 Å². The Kier molecular flexibility index (Phi) is 1.68. The molecule has 10 heavy (non-hydrogen) atoms. The maximum atomic E-state index is 10.3. The zero-order chi connectivity index (χ0) is 7.56. The lowest BCUT2D eigenvalue weighted by molar-refractivity contribution is 0.0690. The van der Waals surface area contributed by atoms with Crippen molar-refractivity contribution in [2.45, 2.75) is 6.54 Å². The Morgan fingerprint density at radius 2 is 2.60 bits per heavy atom. The number of hydrogen-bond donors (Lipinski definition) is 3. The quantitative estimate of drug-likeness (QED) is 0.521. The summed E-state index contributed by atoms with van der Waals surface area (Å²) in [6.45, 7) is 0.168. The highest BCUT2D eigenvalue weighted by Gasteiger charge is 2.10. The van der Waals surface area contributed by atoms with Gasteiger partial charge in [0.1, 0.15) is 0 Å². The van der Waals surface area contributed by atoms with E-state index in [2.05, 4.69) is 9.97 Å². The van der Waals surface area contributed by atoms with Crippen molar-refractivity contribution >= 4 is 5.97 Å². The minimum atomic E-state index is -1.05. The molecule has 1 aromatic heterocycles. The predicted molar refractivity (Wildman–Crippen MR) is 33.4 cm³/mol. The van der Waals surface area contributed by atoms with Crippen LogP contribution in [-0.2, 0) is 6.54 Å². The van der Waals surface area contributed by atoms with Gasteiger partial charge < -0.3 is 15.8 Å². The smallest absolute Gasteiger partial charge is 0.356 e. The van der Waals surface area contributed by atoms with Crippen LogP contribution in [0.3, 0.4) is 0 Å². The van der Waals surface area contributed by atoms with E-state index in [4.69, 9.17) is 10.8 Å². The van der Waals surface area contributed by atoms with Crippen molar-refractivity contribution in [3.63, 3.8) is 0 Å². The highest BCUT2D eigenvalue weighted by Crippen LogP contribution is 1.99. The molecular formula is C5H7N3O2. The number of hydrogen-bond acceptors (Lipinski definition) is 3. The number of carbonyl (C=O) groups is 1. The van der Waals surface area contributed by atoms with Gasteiger partial charge >= 0.3 is 5.97 Å². The molecule has 0 saturated carbocycles. The van der Waals surface area contributed by atoms with Gasteiger partial charge in [-0.2, -0.15) is 0 Å². The molecule has 0 saturated heterocycles. The zero-order valence-electron chi connectivity index (χ0n) is 5.16. The van der Waals surface area contributed by atoms with E-state index in [1.54, 1.807) is 0 Å². The van der Waals surface area contributed by atoms with Gasteiger partial charge in [0.2, 0.25) is 0 Å². The third-order valence-corrected chi connectivity index (χ3v) is 1.12. The molecule has 0 bridgehead atoms. The summed E-state index contributed by atoms with van der Waals surface area (Å²) in [7, 11) is 0. The van der Waals surface area contributed by atoms with Crippen LogP contribution in [0.1, 0.15) is 16.2 Å². The Hall–Kier alpha value is -1.36. The van der Waals surface area contributed by atoms with Crippen LogP contribution in [-0.4, -0.2) is 21.0 Å². The van der Waals surface area contributed by atoms with Crippen LogP contribution in [0.25, 0.3) is 0 Å². The van der Waals surface area contributed by atoms with Gasteiger partial charge in [0, 0.05) is 6.54 Å². The lowest BCUT2D eigenvalue weighted by atomic mass is 10.3. The van der Waals surface area contributed by atoms with Crippen LogP contribution in [0.4, 0.5) is 0 Å². The summed E-state index contributed by atoms with van der Waals surface area (Å²) in [5.41, 5.74) is 5.65. The molecule has 5 heteroatoms. The second-order valence-electron chi connectivity index (χ2n) is 1.74. The molecule has 0 radical (unpaired) electrons. The average molecular weight is 141 g/mol. The van der Waals surface area contributed by atoms with Gasteiger partial charge in [-0.25, -0.2) is 9.78 Å². The van der Waals surface area contributed by atoms with Crippen molar-refractivity contribution in [2.75, 3.05) is 0 Å². The summed E-state index contributed by atoms with van der Waals surface area (Å²) in [6, 6.07) is 0. The first-order valence-electron chi connectivity index (χ1n) is 2.71. The predicted octanol–water partition coefficient (Wildman–Crippen LogP) is -0.433. The van der Waals surface area contributed by atoms with E-state index in [1.165, 1.54) is 6.33 Å². The van der Waals surface area contributed by atoms with Gasteiger partial charge in [0.25, 0.3) is 0 Å². The molecule has 1 aromatic rings. The van der Waals surface area contributed by atoms with Gasteiger partial charge in [-0.3, -0.25) is 0 Å². The van der Waals surface area contributed by atoms with Crippen molar-refractivity contribution in [3.8, 4) is 0 Å². The Balaban J connectivity index is 3.01. The first kappa shape index (κ1) is 6.76. The van der Waals surface area contributed by atoms with Crippen molar-refractivity contribution in [1.29, 1.82) is 0 Å². The number of rotatable bonds is 2. The van der Waals surface area contributed by atoms with Crippen molar-refractivity contribution in [1.82, 2.24) is 9.97 Å². The van der Waals surface area contributed by atoms with Gasteiger partial charge in [0.05, 0.1) is 12.0 Å². The number of aromatic carboxylic acids is 1. The molecule has 5 nitrogen and oxygen atoms in total. The lowest BCUT2D eigenvalue weighted by Crippen LogP contribution is -2.06. The maximum absolute atomic E-state index is 10.3. The fourth-order valence-corrected chi connectivity index (χ4v) is 0.661. The number of carboxylic acid groups (broad SMARTS) is 1. The molecular weight excluding hydrogens is 134 g/mol. The summed E-state index contributed by atoms with van der Waals surface area (Å²) in [6.07, 6.45) is 1.31. The zero-order valence-corrected chi connectivity index (χ0v) is 5.16. The van der Waals surface area contributed by atoms with Crippen LogP contribution in [0.5, 0.6) is 0 Å². The van der Waals surface area contributed by atoms with E-state index in [1.807, 2.05) is 0 Å². The Bertz CT molecular complexity index is 243. The second-order valence-corrected chi connectivity index (χ2v) is 1.74. The molecule has 1 rings (SSSR count). The SMILES string of the molecule is NCc1[nH]cnc1C(=O)O. The fourth-order valence-electron chi connectivity index (χ4n) is 0.661. The molecule has 0 aromatic carbocycles. The number of imidazole rings is 1. The van der Waals surface area contributed by atoms with Crippen molar-refractivity contribution < 1.29 is 9.90 Å². The van der Waals surface area contributed by atoms with Gasteiger partial charge in [0.15, 0.2) is 5.69 Å². The van der Waals surface area contributed by atoms with Crippen molar-refractivity contribution in [2.24, 2.45) is 5.73 Å². The minimum Gasteiger partial charge on any atom is -0.476 e. The maximum Gasteiger partial charge on any atom is 0.356 e. The molecule has 0 atom stereocenters. The van der Waals surface area contributed by atoms with E-state index in [9.17, 15) is 4.79 Å². The van der Waals surface area contributed by atoms with E-state index in [0.717, 1.165) is 0 Å². The molecule has 0 amide bonds. The van der Waals surface area contributed by atoms with Gasteiger partial charge in [-0.1, -0.05) is 0 Å². The lowest BCUT2D eigenvalue weighted by Gasteiger charge is -1.90. The van der Waals surface area contributed by atoms with E-state index in [-0.39, 0.29) is 12.2 Å². The number of nitrogens with two attached hydrogens (primary N) is 1. The van der Waals surface area contributed by atoms with Crippen LogP contribution in [0, 0.1) is 0 Å². The first-order valence-corrected chi connectivity index (χ1v) is 2.71. The highest BCUT2D eigenvalue weighted by molar-refractivity contribution is 5.86. The average Bonchev–Trinajstić information content (AvgIpc) is 2.33. The number of nitrogens with one attached hydrogen (secondary N) is 1. The summed E-state index contributed by atoms with van der Waals surface area (Å²) >= 11 is 0. The van der Waals surface area contributed by atoms with Crippen molar-refractivity contribution in [3.05, 3.63) is 17.7 Å². The molecule has 0 spiro atoms. The molecule has 0 unspecified atom stereocenters. The number of aromatic amines is 1. The van der Waals surface area contributed by atoms with E-state index >= 15 is 0 Å². The Labute approximate surface area is 56.9 Å². The molecule has 4 N–H and O–H groups in total. The normalized spacial score (nSPS) is 9.70. The molecule has 0 fully saturated rings. The number of aromatic nitrogens is 2. The van der Waals surface area contributed by atoms with Crippen LogP contribution in [0.15, 0.2) is 6.33 Å². The third-order valence-electron chi connectivity index (χ3n) is 1.12. The Morgan fingerprint density at radius 3 is 3.00 bits per heavy atom. The molecule has 0 aliphatic carbocycles. The Morgan fingerprint density at radius 1 is 1.90 bits per heavy atom. The molecule has 54 valence electrons. The monoisotopic (exact) mass is 141 g/mol. The van der Waals surface area contributed by atoms with Gasteiger partial charge in [-0.05, 0) is 0 Å². The summed E-state index contributed by atoms with van der Waals surface area (Å²) in [4.78, 5) is 16.5. The molecule has 1 heterocycles. The number of H-pyrrole nitrogens is 1. The third kappa shape index (κ3) is 0.985. The van der Waals surface area contributed by atoms with Gasteiger partial charge in [-0.15, -0.1) is 0 Å². The fraction of sp³-hybridized carbons (Fsp3) is 0.200. The van der Waals surface area contributed by atoms with Crippen LogP contribution >= 0.6 is 0 Å². The molecule has 0 aliphatic rings. The minimum absolute atomic E-state index is 0.00231. The summed E-state index contributed by atoms with van der Waals surface area (Å²) in [5, 5.41) is 8.45. The standard InChI is InChI=1S/C5H7N3O2/c6-1-3-4(5(9)10)8-2-7-3/h2H,1,6H2,(H,7,8)(H,9,10). The second kappa shape index (κ2) is 2.49. The van der Waals surface area contributed by atoms with E-state index in [0.29, 0.717) is 5.69 Å². The van der Waals surface area contributed by atoms with Crippen LogP contribution < -0.4 is 5.73 Å².